The van der Waals surface area contributed by atoms with Crippen LogP contribution in [-0.4, -0.2) is 36.9 Å². The number of hydrogen-bond acceptors (Lipinski definition) is 3. The minimum atomic E-state index is -3.39. The summed E-state index contributed by atoms with van der Waals surface area (Å²) in [4.78, 5) is 10.9. The van der Waals surface area contributed by atoms with E-state index in [9.17, 15) is 13.2 Å². The maximum absolute atomic E-state index is 12.5. The van der Waals surface area contributed by atoms with E-state index >= 15 is 0 Å². The predicted octanol–water partition coefficient (Wildman–Crippen LogP) is 1.93. The molecule has 0 spiro atoms. The van der Waals surface area contributed by atoms with Crippen molar-refractivity contribution in [3.05, 3.63) is 34.9 Å². The molecule has 0 unspecified atom stereocenters. The molecule has 116 valence electrons. The van der Waals surface area contributed by atoms with Crippen LogP contribution in [0.15, 0.2) is 18.2 Å². The molecular formula is C15H21NO4S. The Morgan fingerprint density at radius 1 is 1.24 bits per heavy atom. The zero-order chi connectivity index (χ0) is 15.6. The van der Waals surface area contributed by atoms with Crippen LogP contribution in [0.1, 0.15) is 29.5 Å². The van der Waals surface area contributed by atoms with Gasteiger partial charge in [0.15, 0.2) is 0 Å². The minimum Gasteiger partial charge on any atom is -0.481 e. The van der Waals surface area contributed by atoms with Gasteiger partial charge in [0, 0.05) is 13.1 Å². The Morgan fingerprint density at radius 3 is 2.24 bits per heavy atom. The number of sulfonamides is 1. The molecule has 0 radical (unpaired) electrons. The molecule has 5 nitrogen and oxygen atoms in total. The number of aliphatic carboxylic acids is 1. The van der Waals surface area contributed by atoms with Gasteiger partial charge in [-0.15, -0.1) is 0 Å². The van der Waals surface area contributed by atoms with E-state index in [1.165, 1.54) is 4.31 Å². The third-order valence-corrected chi connectivity index (χ3v) is 5.97. The zero-order valence-corrected chi connectivity index (χ0v) is 13.2. The van der Waals surface area contributed by atoms with Crippen LogP contribution >= 0.6 is 0 Å². The Labute approximate surface area is 125 Å². The first kappa shape index (κ1) is 16.0. The normalized spacial score (nSPS) is 17.8. The summed E-state index contributed by atoms with van der Waals surface area (Å²) in [6.07, 6.45) is 0.780. The van der Waals surface area contributed by atoms with Gasteiger partial charge < -0.3 is 5.11 Å². The van der Waals surface area contributed by atoms with Crippen molar-refractivity contribution < 1.29 is 18.3 Å². The SMILES string of the molecule is Cc1cccc(C)c1CS(=O)(=O)N1CCC(C(=O)O)CC1. The number of hydrogen-bond donors (Lipinski definition) is 1. The monoisotopic (exact) mass is 311 g/mol. The summed E-state index contributed by atoms with van der Waals surface area (Å²) in [6.45, 7) is 4.41. The summed E-state index contributed by atoms with van der Waals surface area (Å²) in [7, 11) is -3.39. The molecule has 0 amide bonds. The minimum absolute atomic E-state index is 0.0107. The second kappa shape index (κ2) is 6.15. The summed E-state index contributed by atoms with van der Waals surface area (Å²) in [5, 5.41) is 8.97. The van der Waals surface area contributed by atoms with Crippen LogP contribution in [0.5, 0.6) is 0 Å². The summed E-state index contributed by atoms with van der Waals surface area (Å²) in [6, 6.07) is 5.74. The second-order valence-electron chi connectivity index (χ2n) is 5.64. The lowest BCUT2D eigenvalue weighted by molar-refractivity contribution is -0.142. The molecule has 1 aromatic carbocycles. The third-order valence-electron chi connectivity index (χ3n) is 4.17. The van der Waals surface area contributed by atoms with Gasteiger partial charge >= 0.3 is 5.97 Å². The van der Waals surface area contributed by atoms with Crippen LogP contribution in [-0.2, 0) is 20.6 Å². The first-order chi connectivity index (χ1) is 9.81. The molecule has 6 heteroatoms. The molecule has 1 saturated heterocycles. The number of benzene rings is 1. The fourth-order valence-corrected chi connectivity index (χ4v) is 4.50. The van der Waals surface area contributed by atoms with Crippen molar-refractivity contribution >= 4 is 16.0 Å². The van der Waals surface area contributed by atoms with Gasteiger partial charge in [-0.25, -0.2) is 12.7 Å². The maximum atomic E-state index is 12.5. The molecular weight excluding hydrogens is 290 g/mol. The van der Waals surface area contributed by atoms with E-state index < -0.39 is 21.9 Å². The highest BCUT2D eigenvalue weighted by atomic mass is 32.2. The van der Waals surface area contributed by atoms with Crippen molar-refractivity contribution in [3.8, 4) is 0 Å². The summed E-state index contributed by atoms with van der Waals surface area (Å²) in [5.41, 5.74) is 2.79. The molecule has 1 fully saturated rings. The van der Waals surface area contributed by atoms with Crippen LogP contribution < -0.4 is 0 Å². The van der Waals surface area contributed by atoms with E-state index in [1.807, 2.05) is 32.0 Å². The molecule has 1 aromatic rings. The second-order valence-corrected chi connectivity index (χ2v) is 7.61. The first-order valence-electron chi connectivity index (χ1n) is 7.07. The van der Waals surface area contributed by atoms with Crippen LogP contribution in [0.25, 0.3) is 0 Å². The van der Waals surface area contributed by atoms with E-state index in [2.05, 4.69) is 0 Å². The van der Waals surface area contributed by atoms with E-state index in [0.717, 1.165) is 16.7 Å². The van der Waals surface area contributed by atoms with Gasteiger partial charge in [-0.1, -0.05) is 18.2 Å². The average Bonchev–Trinajstić information content (AvgIpc) is 2.43. The number of piperidine rings is 1. The lowest BCUT2D eigenvalue weighted by Crippen LogP contribution is -2.40. The quantitative estimate of drug-likeness (QED) is 0.922. The fourth-order valence-electron chi connectivity index (χ4n) is 2.73. The molecule has 0 aromatic heterocycles. The van der Waals surface area contributed by atoms with Crippen molar-refractivity contribution in [1.82, 2.24) is 4.31 Å². The predicted molar refractivity (Wildman–Crippen MR) is 80.5 cm³/mol. The van der Waals surface area contributed by atoms with E-state index in [-0.39, 0.29) is 5.75 Å². The standard InChI is InChI=1S/C15H21NO4S/c1-11-4-3-5-12(2)14(11)10-21(19,20)16-8-6-13(7-9-16)15(17)18/h3-5,13H,6-10H2,1-2H3,(H,17,18). The van der Waals surface area contributed by atoms with E-state index in [1.54, 1.807) is 0 Å². The fraction of sp³-hybridized carbons (Fsp3) is 0.533. The van der Waals surface area contributed by atoms with Crippen molar-refractivity contribution in [2.24, 2.45) is 5.92 Å². The Morgan fingerprint density at radius 2 is 1.76 bits per heavy atom. The van der Waals surface area contributed by atoms with Gasteiger partial charge in [0.1, 0.15) is 0 Å². The average molecular weight is 311 g/mol. The highest BCUT2D eigenvalue weighted by molar-refractivity contribution is 7.88. The van der Waals surface area contributed by atoms with Crippen molar-refractivity contribution in [2.45, 2.75) is 32.4 Å². The van der Waals surface area contributed by atoms with Gasteiger partial charge in [-0.2, -0.15) is 0 Å². The Bertz CT molecular complexity index is 611. The molecule has 2 rings (SSSR count). The number of carboxylic acid groups (broad SMARTS) is 1. The van der Waals surface area contributed by atoms with Gasteiger partial charge in [0.2, 0.25) is 10.0 Å². The van der Waals surface area contributed by atoms with Crippen molar-refractivity contribution in [1.29, 1.82) is 0 Å². The van der Waals surface area contributed by atoms with Gasteiger partial charge in [-0.3, -0.25) is 4.79 Å². The lowest BCUT2D eigenvalue weighted by Gasteiger charge is -2.29. The van der Waals surface area contributed by atoms with Gasteiger partial charge in [-0.05, 0) is 43.4 Å². The zero-order valence-electron chi connectivity index (χ0n) is 12.4. The van der Waals surface area contributed by atoms with Crippen molar-refractivity contribution in [2.75, 3.05) is 13.1 Å². The number of carboxylic acids is 1. The molecule has 1 aliphatic heterocycles. The van der Waals surface area contributed by atoms with Gasteiger partial charge in [0.05, 0.1) is 11.7 Å². The molecule has 21 heavy (non-hydrogen) atoms. The molecule has 1 N–H and O–H groups in total. The van der Waals surface area contributed by atoms with E-state index in [0.29, 0.717) is 25.9 Å². The first-order valence-corrected chi connectivity index (χ1v) is 8.68. The Hall–Kier alpha value is -1.40. The molecule has 0 aliphatic carbocycles. The Kier molecular flexibility index (Phi) is 4.68. The Balaban J connectivity index is 2.11. The van der Waals surface area contributed by atoms with E-state index in [4.69, 9.17) is 5.11 Å². The third kappa shape index (κ3) is 3.63. The molecule has 1 aliphatic rings. The molecule has 0 saturated carbocycles. The van der Waals surface area contributed by atoms with Crippen LogP contribution in [0.3, 0.4) is 0 Å². The maximum Gasteiger partial charge on any atom is 0.306 e. The number of nitrogens with zero attached hydrogens (tertiary/aromatic N) is 1. The largest absolute Gasteiger partial charge is 0.481 e. The molecule has 0 bridgehead atoms. The summed E-state index contributed by atoms with van der Waals surface area (Å²) >= 11 is 0. The number of aryl methyl sites for hydroxylation is 2. The topological polar surface area (TPSA) is 74.7 Å². The number of carbonyl (C=O) groups is 1. The highest BCUT2D eigenvalue weighted by Gasteiger charge is 2.31. The molecule has 1 heterocycles. The van der Waals surface area contributed by atoms with Crippen LogP contribution in [0.2, 0.25) is 0 Å². The van der Waals surface area contributed by atoms with Crippen LogP contribution in [0, 0.1) is 19.8 Å². The van der Waals surface area contributed by atoms with Crippen LogP contribution in [0.4, 0.5) is 0 Å². The highest BCUT2D eigenvalue weighted by Crippen LogP contribution is 2.23. The summed E-state index contributed by atoms with van der Waals surface area (Å²) < 4.78 is 26.5. The summed E-state index contributed by atoms with van der Waals surface area (Å²) in [5.74, 6) is -1.26. The van der Waals surface area contributed by atoms with Gasteiger partial charge in [0.25, 0.3) is 0 Å². The smallest absolute Gasteiger partial charge is 0.306 e. The van der Waals surface area contributed by atoms with Crippen molar-refractivity contribution in [3.63, 3.8) is 0 Å². The number of rotatable bonds is 4. The molecule has 0 atom stereocenters. The lowest BCUT2D eigenvalue weighted by atomic mass is 9.99.